The Morgan fingerprint density at radius 3 is 2.48 bits per heavy atom. The first kappa shape index (κ1) is 22.2. The van der Waals surface area contributed by atoms with Crippen molar-refractivity contribution in [3.05, 3.63) is 72.1 Å². The molecule has 0 spiro atoms. The molecule has 1 aromatic heterocycles. The van der Waals surface area contributed by atoms with Crippen LogP contribution in [-0.2, 0) is 14.8 Å². The predicted molar refractivity (Wildman–Crippen MR) is 119 cm³/mol. The highest BCUT2D eigenvalue weighted by molar-refractivity contribution is 7.92. The number of amides is 1. The summed E-state index contributed by atoms with van der Waals surface area (Å²) in [6.07, 6.45) is 1.28. The number of benzene rings is 2. The summed E-state index contributed by atoms with van der Waals surface area (Å²) in [5.41, 5.74) is 2.14. The van der Waals surface area contributed by atoms with Crippen LogP contribution in [0.3, 0.4) is 0 Å². The third-order valence-corrected chi connectivity index (χ3v) is 5.73. The van der Waals surface area contributed by atoms with Gasteiger partial charge >= 0.3 is 0 Å². The van der Waals surface area contributed by atoms with Gasteiger partial charge in [0.15, 0.2) is 6.10 Å². The van der Waals surface area contributed by atoms with Gasteiger partial charge in [0.2, 0.25) is 5.95 Å². The average molecular weight is 441 g/mol. The van der Waals surface area contributed by atoms with E-state index in [9.17, 15) is 13.2 Å². The summed E-state index contributed by atoms with van der Waals surface area (Å²) >= 11 is 0. The molecule has 1 heterocycles. The van der Waals surface area contributed by atoms with E-state index in [-0.39, 0.29) is 16.8 Å². The van der Waals surface area contributed by atoms with Gasteiger partial charge in [0.05, 0.1) is 4.90 Å². The zero-order chi connectivity index (χ0) is 22.4. The van der Waals surface area contributed by atoms with Gasteiger partial charge in [0.25, 0.3) is 15.9 Å². The topological polar surface area (TPSA) is 110 Å². The Morgan fingerprint density at radius 2 is 1.84 bits per heavy atom. The molecule has 0 aliphatic heterocycles. The van der Waals surface area contributed by atoms with Gasteiger partial charge < -0.3 is 10.1 Å². The van der Waals surface area contributed by atoms with Gasteiger partial charge in [-0.05, 0) is 68.3 Å². The Labute approximate surface area is 181 Å². The number of rotatable bonds is 8. The van der Waals surface area contributed by atoms with Gasteiger partial charge in [-0.15, -0.1) is 0 Å². The van der Waals surface area contributed by atoms with E-state index in [1.165, 1.54) is 30.5 Å². The normalized spacial score (nSPS) is 12.1. The van der Waals surface area contributed by atoms with Crippen molar-refractivity contribution in [1.29, 1.82) is 0 Å². The van der Waals surface area contributed by atoms with Gasteiger partial charge in [-0.3, -0.25) is 4.79 Å². The van der Waals surface area contributed by atoms with E-state index >= 15 is 0 Å². The van der Waals surface area contributed by atoms with Crippen molar-refractivity contribution < 1.29 is 17.9 Å². The molecule has 3 aromatic rings. The standard InChI is InChI=1S/C22H24N4O4S/c1-4-20(30-18-7-5-6-15(2)14-18)21(27)25-17-8-10-19(11-9-17)31(28,29)26-22-23-13-12-16(3)24-22/h5-14,20H,4H2,1-3H3,(H,25,27)(H,23,24,26)/t20-/m1/s1. The van der Waals surface area contributed by atoms with E-state index in [0.717, 1.165) is 5.56 Å². The van der Waals surface area contributed by atoms with Crippen LogP contribution in [0.25, 0.3) is 0 Å². The number of carbonyl (C=O) groups excluding carboxylic acids is 1. The summed E-state index contributed by atoms with van der Waals surface area (Å²) in [6.45, 7) is 5.54. The molecule has 0 unspecified atom stereocenters. The molecular formula is C22H24N4O4S. The minimum absolute atomic E-state index is 0.00327. The fourth-order valence-corrected chi connectivity index (χ4v) is 3.74. The van der Waals surface area contributed by atoms with Crippen LogP contribution in [0.4, 0.5) is 11.6 Å². The summed E-state index contributed by atoms with van der Waals surface area (Å²) in [4.78, 5) is 20.6. The fraction of sp³-hybridized carbons (Fsp3) is 0.227. The van der Waals surface area contributed by atoms with Crippen molar-refractivity contribution in [2.45, 2.75) is 38.2 Å². The molecule has 3 rings (SSSR count). The van der Waals surface area contributed by atoms with Gasteiger partial charge in [-0.2, -0.15) is 0 Å². The summed E-state index contributed by atoms with van der Waals surface area (Å²) < 4.78 is 33.2. The van der Waals surface area contributed by atoms with Crippen LogP contribution in [0.2, 0.25) is 0 Å². The predicted octanol–water partition coefficient (Wildman–Crippen LogP) is 3.69. The highest BCUT2D eigenvalue weighted by Gasteiger charge is 2.20. The zero-order valence-electron chi connectivity index (χ0n) is 17.5. The molecule has 0 fully saturated rings. The maximum atomic E-state index is 12.6. The molecule has 0 aliphatic rings. The van der Waals surface area contributed by atoms with Crippen molar-refractivity contribution in [2.24, 2.45) is 0 Å². The number of nitrogens with one attached hydrogen (secondary N) is 2. The maximum absolute atomic E-state index is 12.6. The van der Waals surface area contributed by atoms with E-state index in [1.807, 2.05) is 32.0 Å². The SMILES string of the molecule is CC[C@@H](Oc1cccc(C)c1)C(=O)Nc1ccc(S(=O)(=O)Nc2nccc(C)n2)cc1. The molecule has 9 heteroatoms. The minimum atomic E-state index is -3.85. The van der Waals surface area contributed by atoms with E-state index in [4.69, 9.17) is 4.74 Å². The first-order valence-corrected chi connectivity index (χ1v) is 11.2. The van der Waals surface area contributed by atoms with Crippen LogP contribution < -0.4 is 14.8 Å². The smallest absolute Gasteiger partial charge is 0.265 e. The van der Waals surface area contributed by atoms with Crippen LogP contribution in [0.1, 0.15) is 24.6 Å². The van der Waals surface area contributed by atoms with Crippen molar-refractivity contribution in [3.8, 4) is 5.75 Å². The number of sulfonamides is 1. The fourth-order valence-electron chi connectivity index (χ4n) is 2.79. The number of carbonyl (C=O) groups is 1. The summed E-state index contributed by atoms with van der Waals surface area (Å²) in [5, 5.41) is 2.76. The molecule has 0 bridgehead atoms. The summed E-state index contributed by atoms with van der Waals surface area (Å²) in [5.74, 6) is 0.301. The monoisotopic (exact) mass is 440 g/mol. The lowest BCUT2D eigenvalue weighted by Gasteiger charge is -2.17. The van der Waals surface area contributed by atoms with Crippen LogP contribution in [0.5, 0.6) is 5.75 Å². The van der Waals surface area contributed by atoms with Gasteiger partial charge in [-0.25, -0.2) is 23.1 Å². The van der Waals surface area contributed by atoms with Crippen molar-refractivity contribution in [3.63, 3.8) is 0 Å². The van der Waals surface area contributed by atoms with E-state index in [0.29, 0.717) is 23.6 Å². The quantitative estimate of drug-likeness (QED) is 0.553. The molecular weight excluding hydrogens is 416 g/mol. The Kier molecular flexibility index (Phi) is 6.86. The molecule has 162 valence electrons. The number of ether oxygens (including phenoxy) is 1. The van der Waals surface area contributed by atoms with Gasteiger partial charge in [0, 0.05) is 17.6 Å². The Morgan fingerprint density at radius 1 is 1.10 bits per heavy atom. The van der Waals surface area contributed by atoms with Gasteiger partial charge in [-0.1, -0.05) is 19.1 Å². The Hall–Kier alpha value is -3.46. The third kappa shape index (κ3) is 6.02. The van der Waals surface area contributed by atoms with Gasteiger partial charge in [0.1, 0.15) is 5.75 Å². The maximum Gasteiger partial charge on any atom is 0.265 e. The number of hydrogen-bond donors (Lipinski definition) is 2. The van der Waals surface area contributed by atoms with Crippen molar-refractivity contribution in [1.82, 2.24) is 9.97 Å². The Bertz CT molecular complexity index is 1160. The first-order valence-electron chi connectivity index (χ1n) is 9.73. The molecule has 31 heavy (non-hydrogen) atoms. The van der Waals surface area contributed by atoms with Crippen LogP contribution >= 0.6 is 0 Å². The molecule has 0 saturated heterocycles. The number of aryl methyl sites for hydroxylation is 2. The second kappa shape index (κ2) is 9.57. The number of nitrogens with zero attached hydrogens (tertiary/aromatic N) is 2. The molecule has 0 saturated carbocycles. The number of aromatic nitrogens is 2. The van der Waals surface area contributed by atoms with E-state index in [1.54, 1.807) is 19.1 Å². The highest BCUT2D eigenvalue weighted by atomic mass is 32.2. The highest BCUT2D eigenvalue weighted by Crippen LogP contribution is 2.19. The lowest BCUT2D eigenvalue weighted by Crippen LogP contribution is -2.32. The van der Waals surface area contributed by atoms with Crippen LogP contribution in [0, 0.1) is 13.8 Å². The molecule has 8 nitrogen and oxygen atoms in total. The lowest BCUT2D eigenvalue weighted by molar-refractivity contribution is -0.122. The first-order chi connectivity index (χ1) is 14.8. The molecule has 1 amide bonds. The van der Waals surface area contributed by atoms with Crippen LogP contribution in [0.15, 0.2) is 65.7 Å². The second-order valence-electron chi connectivity index (χ2n) is 6.97. The minimum Gasteiger partial charge on any atom is -0.481 e. The lowest BCUT2D eigenvalue weighted by atomic mass is 10.2. The molecule has 2 aromatic carbocycles. The second-order valence-corrected chi connectivity index (χ2v) is 8.65. The molecule has 0 aliphatic carbocycles. The third-order valence-electron chi connectivity index (χ3n) is 4.38. The Balaban J connectivity index is 1.67. The zero-order valence-corrected chi connectivity index (χ0v) is 18.3. The number of anilines is 2. The van der Waals surface area contributed by atoms with E-state index < -0.39 is 16.1 Å². The average Bonchev–Trinajstić information content (AvgIpc) is 2.72. The molecule has 2 N–H and O–H groups in total. The van der Waals surface area contributed by atoms with E-state index in [2.05, 4.69) is 20.0 Å². The number of hydrogen-bond acceptors (Lipinski definition) is 6. The molecule has 0 radical (unpaired) electrons. The van der Waals surface area contributed by atoms with Crippen molar-refractivity contribution >= 4 is 27.6 Å². The summed E-state index contributed by atoms with van der Waals surface area (Å²) in [7, 11) is -3.85. The molecule has 1 atom stereocenters. The summed E-state index contributed by atoms with van der Waals surface area (Å²) in [6, 6.07) is 15.0. The van der Waals surface area contributed by atoms with Crippen LogP contribution in [-0.4, -0.2) is 30.4 Å². The largest absolute Gasteiger partial charge is 0.481 e. The van der Waals surface area contributed by atoms with Crippen molar-refractivity contribution in [2.75, 3.05) is 10.0 Å².